The molecule has 1 aromatic carbocycles. The molecular weight excluding hydrogens is 219 g/mol. The van der Waals surface area contributed by atoms with Crippen LogP contribution in [0.15, 0.2) is 18.2 Å². The molecule has 0 saturated carbocycles. The van der Waals surface area contributed by atoms with Crippen LogP contribution in [0.3, 0.4) is 0 Å². The molecule has 1 aromatic rings. The van der Waals surface area contributed by atoms with Crippen molar-refractivity contribution in [2.75, 3.05) is 12.1 Å². The fraction of sp³-hybridized carbons (Fsp3) is 0.455. The molecule has 1 rings (SSSR count). The first-order chi connectivity index (χ1) is 7.23. The molecule has 2 nitrogen and oxygen atoms in total. The van der Waals surface area contributed by atoms with Crippen molar-refractivity contribution in [3.8, 4) is 0 Å². The Balaban J connectivity index is 3.29. The Labute approximate surface area is 92.3 Å². The normalized spacial score (nSPS) is 12.0. The lowest BCUT2D eigenvalue weighted by Crippen LogP contribution is -2.12. The van der Waals surface area contributed by atoms with Crippen LogP contribution in [0.1, 0.15) is 30.9 Å². The maximum atomic E-state index is 12.5. The van der Waals surface area contributed by atoms with Crippen LogP contribution in [0, 0.1) is 5.21 Å². The highest BCUT2D eigenvalue weighted by Gasteiger charge is 2.31. The number of nitrogens with zero attached hydrogens (tertiary/aromatic N) is 1. The van der Waals surface area contributed by atoms with Crippen molar-refractivity contribution in [2.45, 2.75) is 25.9 Å². The van der Waals surface area contributed by atoms with Gasteiger partial charge in [0.2, 0.25) is 0 Å². The van der Waals surface area contributed by atoms with Gasteiger partial charge in [-0.25, -0.2) is 0 Å². The van der Waals surface area contributed by atoms with Gasteiger partial charge in [-0.05, 0) is 36.7 Å². The van der Waals surface area contributed by atoms with Gasteiger partial charge in [0.15, 0.2) is 0 Å². The molecule has 90 valence electrons. The summed E-state index contributed by atoms with van der Waals surface area (Å²) in [6.07, 6.45) is -4.37. The number of anilines is 1. The number of hydroxylamine groups is 1. The number of halogens is 3. The Bertz CT molecular complexity index is 372. The van der Waals surface area contributed by atoms with E-state index in [0.29, 0.717) is 10.6 Å². The monoisotopic (exact) mass is 232 g/mol. The smallest absolute Gasteiger partial charge is 0.416 e. The summed E-state index contributed by atoms with van der Waals surface area (Å²) in [6.45, 7) is 3.50. The van der Waals surface area contributed by atoms with Gasteiger partial charge in [0.1, 0.15) is 0 Å². The third kappa shape index (κ3) is 2.66. The Kier molecular flexibility index (Phi) is 3.48. The standard InChI is InChI=1S/C11H13F3NO/c1-7(2)9-6-8(11(12,13)14)4-5-10(9)15(3)16/h4-7H,1-3H3/q-1. The first-order valence-corrected chi connectivity index (χ1v) is 4.85. The van der Waals surface area contributed by atoms with E-state index < -0.39 is 11.7 Å². The molecule has 0 amide bonds. The zero-order valence-corrected chi connectivity index (χ0v) is 9.30. The van der Waals surface area contributed by atoms with Gasteiger partial charge in [0.25, 0.3) is 0 Å². The van der Waals surface area contributed by atoms with E-state index in [1.54, 1.807) is 13.8 Å². The quantitative estimate of drug-likeness (QED) is 0.725. The lowest BCUT2D eigenvalue weighted by atomic mass is 9.98. The number of alkyl halides is 3. The van der Waals surface area contributed by atoms with E-state index in [1.165, 1.54) is 13.1 Å². The third-order valence-electron chi connectivity index (χ3n) is 2.32. The van der Waals surface area contributed by atoms with E-state index in [0.717, 1.165) is 12.1 Å². The van der Waals surface area contributed by atoms with Crippen LogP contribution >= 0.6 is 0 Å². The number of hydrogen-bond donors (Lipinski definition) is 0. The zero-order valence-electron chi connectivity index (χ0n) is 9.30. The lowest BCUT2D eigenvalue weighted by molar-refractivity contribution is -0.137. The molecule has 0 unspecified atom stereocenters. The highest BCUT2D eigenvalue weighted by molar-refractivity contribution is 5.56. The van der Waals surface area contributed by atoms with Gasteiger partial charge in [-0.1, -0.05) is 13.8 Å². The molecule has 0 aliphatic rings. The molecule has 0 spiro atoms. The average Bonchev–Trinajstić information content (AvgIpc) is 2.15. The molecule has 0 atom stereocenters. The molecule has 0 aromatic heterocycles. The van der Waals surface area contributed by atoms with Crippen molar-refractivity contribution < 1.29 is 13.2 Å². The Hall–Kier alpha value is -1.23. The van der Waals surface area contributed by atoms with Crippen LogP contribution in [0.5, 0.6) is 0 Å². The third-order valence-corrected chi connectivity index (χ3v) is 2.32. The first-order valence-electron chi connectivity index (χ1n) is 4.85. The minimum atomic E-state index is -4.37. The zero-order chi connectivity index (χ0) is 12.5. The fourth-order valence-corrected chi connectivity index (χ4v) is 1.48. The molecule has 0 aliphatic heterocycles. The molecule has 16 heavy (non-hydrogen) atoms. The van der Waals surface area contributed by atoms with Crippen molar-refractivity contribution in [2.24, 2.45) is 0 Å². The average molecular weight is 232 g/mol. The van der Waals surface area contributed by atoms with Gasteiger partial charge in [0.05, 0.1) is 5.56 Å². The van der Waals surface area contributed by atoms with E-state index in [-0.39, 0.29) is 11.6 Å². The SMILES string of the molecule is CC(C)c1cc(C(F)(F)F)ccc1N(C)[O-]. The Morgan fingerprint density at radius 1 is 1.25 bits per heavy atom. The molecule has 0 aliphatic carbocycles. The molecular formula is C11H13F3NO-. The van der Waals surface area contributed by atoms with Gasteiger partial charge >= 0.3 is 6.18 Å². The highest BCUT2D eigenvalue weighted by Crippen LogP contribution is 2.35. The number of benzene rings is 1. The van der Waals surface area contributed by atoms with Crippen molar-refractivity contribution in [3.63, 3.8) is 0 Å². The predicted molar refractivity (Wildman–Crippen MR) is 57.3 cm³/mol. The van der Waals surface area contributed by atoms with Crippen molar-refractivity contribution in [3.05, 3.63) is 34.5 Å². The van der Waals surface area contributed by atoms with Crippen LogP contribution in [-0.2, 0) is 6.18 Å². The Morgan fingerprint density at radius 3 is 2.19 bits per heavy atom. The number of hydrogen-bond acceptors (Lipinski definition) is 2. The second-order valence-corrected chi connectivity index (χ2v) is 3.92. The summed E-state index contributed by atoms with van der Waals surface area (Å²) in [6, 6.07) is 3.18. The molecule has 0 fully saturated rings. The molecule has 0 saturated heterocycles. The summed E-state index contributed by atoms with van der Waals surface area (Å²) in [5.74, 6) is -0.131. The van der Waals surface area contributed by atoms with Gasteiger partial charge in [-0.3, -0.25) is 0 Å². The van der Waals surface area contributed by atoms with Gasteiger partial charge < -0.3 is 10.3 Å². The fourth-order valence-electron chi connectivity index (χ4n) is 1.48. The van der Waals surface area contributed by atoms with Crippen molar-refractivity contribution in [1.82, 2.24) is 0 Å². The van der Waals surface area contributed by atoms with E-state index in [9.17, 15) is 18.4 Å². The molecule has 0 heterocycles. The van der Waals surface area contributed by atoms with Crippen LogP contribution in [0.25, 0.3) is 0 Å². The van der Waals surface area contributed by atoms with E-state index >= 15 is 0 Å². The largest absolute Gasteiger partial charge is 0.758 e. The highest BCUT2D eigenvalue weighted by atomic mass is 19.4. The summed E-state index contributed by atoms with van der Waals surface area (Å²) in [7, 11) is 1.27. The summed E-state index contributed by atoms with van der Waals surface area (Å²) in [5.41, 5.74) is -0.0304. The predicted octanol–water partition coefficient (Wildman–Crippen LogP) is 3.76. The van der Waals surface area contributed by atoms with Crippen molar-refractivity contribution in [1.29, 1.82) is 0 Å². The van der Waals surface area contributed by atoms with Gasteiger partial charge in [-0.15, -0.1) is 0 Å². The van der Waals surface area contributed by atoms with Crippen LogP contribution in [-0.4, -0.2) is 7.05 Å². The van der Waals surface area contributed by atoms with E-state index in [4.69, 9.17) is 0 Å². The Morgan fingerprint density at radius 2 is 1.81 bits per heavy atom. The minimum absolute atomic E-state index is 0.131. The minimum Gasteiger partial charge on any atom is -0.758 e. The molecule has 0 radical (unpaired) electrons. The van der Waals surface area contributed by atoms with Gasteiger partial charge in [0, 0.05) is 5.69 Å². The molecule has 5 heteroatoms. The van der Waals surface area contributed by atoms with Crippen LogP contribution < -0.4 is 5.06 Å². The summed E-state index contributed by atoms with van der Waals surface area (Å²) >= 11 is 0. The van der Waals surface area contributed by atoms with Crippen LogP contribution in [0.4, 0.5) is 18.9 Å². The second-order valence-electron chi connectivity index (χ2n) is 3.92. The number of rotatable bonds is 2. The van der Waals surface area contributed by atoms with Gasteiger partial charge in [-0.2, -0.15) is 13.2 Å². The maximum Gasteiger partial charge on any atom is 0.416 e. The lowest BCUT2D eigenvalue weighted by Gasteiger charge is -2.29. The summed E-state index contributed by atoms with van der Waals surface area (Å²) in [5, 5.41) is 11.7. The summed E-state index contributed by atoms with van der Waals surface area (Å²) in [4.78, 5) is 0. The molecule has 0 N–H and O–H groups in total. The van der Waals surface area contributed by atoms with Crippen LogP contribution in [0.2, 0.25) is 0 Å². The van der Waals surface area contributed by atoms with E-state index in [2.05, 4.69) is 0 Å². The maximum absolute atomic E-state index is 12.5. The second kappa shape index (κ2) is 4.33. The topological polar surface area (TPSA) is 26.3 Å². The van der Waals surface area contributed by atoms with Crippen molar-refractivity contribution >= 4 is 5.69 Å². The van der Waals surface area contributed by atoms with E-state index in [1.807, 2.05) is 0 Å². The molecule has 0 bridgehead atoms. The summed E-state index contributed by atoms with van der Waals surface area (Å²) < 4.78 is 37.4. The first kappa shape index (κ1) is 12.8.